The van der Waals surface area contributed by atoms with Crippen molar-refractivity contribution in [3.8, 4) is 0 Å². The van der Waals surface area contributed by atoms with E-state index in [0.29, 0.717) is 6.61 Å². The summed E-state index contributed by atoms with van der Waals surface area (Å²) in [6, 6.07) is -0.243. The van der Waals surface area contributed by atoms with Crippen molar-refractivity contribution in [3.05, 3.63) is 0 Å². The van der Waals surface area contributed by atoms with Crippen LogP contribution in [0.3, 0.4) is 0 Å². The first-order valence-electron chi connectivity index (χ1n) is 4.52. The zero-order chi connectivity index (χ0) is 9.71. The van der Waals surface area contributed by atoms with Gasteiger partial charge in [0.2, 0.25) is 0 Å². The summed E-state index contributed by atoms with van der Waals surface area (Å²) < 4.78 is 15.4. The van der Waals surface area contributed by atoms with Crippen molar-refractivity contribution in [1.29, 1.82) is 0 Å². The number of esters is 1. The van der Waals surface area contributed by atoms with E-state index in [1.54, 1.807) is 0 Å². The number of ether oxygens (including phenoxy) is 3. The highest BCUT2D eigenvalue weighted by molar-refractivity contribution is 5.74. The van der Waals surface area contributed by atoms with E-state index in [-0.39, 0.29) is 36.7 Å². The third-order valence-electron chi connectivity index (χ3n) is 2.77. The van der Waals surface area contributed by atoms with E-state index in [0.717, 1.165) is 0 Å². The smallest absolute Gasteiger partial charge is 0.408 e. The highest BCUT2D eigenvalue weighted by Gasteiger charge is 2.52. The number of amides is 1. The number of carbonyl (C=O) groups excluding carboxylic acids is 2. The average Bonchev–Trinajstić information content (AvgIpc) is 2.65. The predicted molar refractivity (Wildman–Crippen MR) is 41.4 cm³/mol. The Morgan fingerprint density at radius 2 is 2.07 bits per heavy atom. The van der Waals surface area contributed by atoms with Gasteiger partial charge in [-0.25, -0.2) is 4.79 Å². The molecule has 14 heavy (non-hydrogen) atoms. The Morgan fingerprint density at radius 1 is 1.21 bits per heavy atom. The Balaban J connectivity index is 1.84. The summed E-state index contributed by atoms with van der Waals surface area (Å²) in [5, 5.41) is 2.63. The van der Waals surface area contributed by atoms with E-state index in [4.69, 9.17) is 14.2 Å². The third-order valence-corrected chi connectivity index (χ3v) is 2.77. The van der Waals surface area contributed by atoms with E-state index < -0.39 is 6.09 Å². The molecule has 3 aliphatic rings. The fourth-order valence-corrected chi connectivity index (χ4v) is 2.14. The van der Waals surface area contributed by atoms with E-state index in [1.165, 1.54) is 0 Å². The number of nitrogens with one attached hydrogen (secondary N) is 1. The first-order valence-corrected chi connectivity index (χ1v) is 4.52. The highest BCUT2D eigenvalue weighted by Crippen LogP contribution is 2.30. The number of rotatable bonds is 0. The molecule has 3 aliphatic heterocycles. The standard InChI is InChI=1S/C8H9NO5/c10-5-1-3-7(14-5)6-4(2-12-3)13-8(11)9-6/h3-4,6-7H,1-2H2,(H,9,11). The summed E-state index contributed by atoms with van der Waals surface area (Å²) in [6.45, 7) is 0.335. The molecule has 0 aromatic rings. The lowest BCUT2D eigenvalue weighted by molar-refractivity contribution is -0.147. The number of hydrogen-bond acceptors (Lipinski definition) is 5. The van der Waals surface area contributed by atoms with Gasteiger partial charge in [0.15, 0.2) is 12.2 Å². The molecule has 0 aliphatic carbocycles. The lowest BCUT2D eigenvalue weighted by Crippen LogP contribution is -2.53. The summed E-state index contributed by atoms with van der Waals surface area (Å²) in [4.78, 5) is 22.0. The van der Waals surface area contributed by atoms with Gasteiger partial charge in [0.05, 0.1) is 13.0 Å². The summed E-state index contributed by atoms with van der Waals surface area (Å²) >= 11 is 0. The molecule has 0 aromatic carbocycles. The monoisotopic (exact) mass is 199 g/mol. The molecule has 6 nitrogen and oxygen atoms in total. The van der Waals surface area contributed by atoms with Crippen LogP contribution in [0.1, 0.15) is 6.42 Å². The molecule has 76 valence electrons. The second-order valence-corrected chi connectivity index (χ2v) is 3.64. The van der Waals surface area contributed by atoms with Crippen molar-refractivity contribution in [3.63, 3.8) is 0 Å². The lowest BCUT2D eigenvalue weighted by Gasteiger charge is -2.31. The summed E-state index contributed by atoms with van der Waals surface area (Å²) in [5.74, 6) is -0.276. The van der Waals surface area contributed by atoms with Gasteiger partial charge in [-0.15, -0.1) is 0 Å². The molecule has 3 heterocycles. The van der Waals surface area contributed by atoms with Gasteiger partial charge in [-0.05, 0) is 0 Å². The van der Waals surface area contributed by atoms with Crippen molar-refractivity contribution in [2.45, 2.75) is 30.8 Å². The van der Waals surface area contributed by atoms with Crippen LogP contribution in [0.25, 0.3) is 0 Å². The minimum atomic E-state index is -0.466. The van der Waals surface area contributed by atoms with E-state index in [2.05, 4.69) is 5.32 Å². The van der Waals surface area contributed by atoms with Gasteiger partial charge in [0, 0.05) is 0 Å². The molecule has 3 saturated heterocycles. The van der Waals surface area contributed by atoms with Gasteiger partial charge in [0.1, 0.15) is 12.1 Å². The van der Waals surface area contributed by atoms with Crippen molar-refractivity contribution < 1.29 is 23.8 Å². The zero-order valence-electron chi connectivity index (χ0n) is 7.26. The van der Waals surface area contributed by atoms with Crippen LogP contribution in [-0.2, 0) is 19.0 Å². The molecule has 1 amide bonds. The van der Waals surface area contributed by atoms with Crippen molar-refractivity contribution in [1.82, 2.24) is 5.32 Å². The molecular formula is C8H9NO5. The van der Waals surface area contributed by atoms with Crippen LogP contribution in [0, 0.1) is 0 Å². The van der Waals surface area contributed by atoms with Crippen LogP contribution in [0.4, 0.5) is 4.79 Å². The van der Waals surface area contributed by atoms with Gasteiger partial charge < -0.3 is 19.5 Å². The van der Waals surface area contributed by atoms with Crippen LogP contribution in [0.15, 0.2) is 0 Å². The van der Waals surface area contributed by atoms with E-state index >= 15 is 0 Å². The average molecular weight is 199 g/mol. The molecule has 0 spiro atoms. The molecule has 0 bridgehead atoms. The topological polar surface area (TPSA) is 73.9 Å². The fraction of sp³-hybridized carbons (Fsp3) is 0.750. The number of hydrogen-bond donors (Lipinski definition) is 1. The Labute approximate surface area is 79.5 Å². The Morgan fingerprint density at radius 3 is 2.93 bits per heavy atom. The van der Waals surface area contributed by atoms with Gasteiger partial charge in [-0.2, -0.15) is 0 Å². The van der Waals surface area contributed by atoms with Crippen LogP contribution in [0.5, 0.6) is 0 Å². The molecule has 3 rings (SSSR count). The number of carbonyl (C=O) groups is 2. The summed E-state index contributed by atoms with van der Waals surface area (Å²) in [7, 11) is 0. The number of fused-ring (bicyclic) bond motifs is 3. The number of alkyl carbamates (subject to hydrolysis) is 1. The normalized spacial score (nSPS) is 44.9. The maximum Gasteiger partial charge on any atom is 0.408 e. The quantitative estimate of drug-likeness (QED) is 0.516. The van der Waals surface area contributed by atoms with Gasteiger partial charge in [0.25, 0.3) is 0 Å². The largest absolute Gasteiger partial charge is 0.457 e. The zero-order valence-corrected chi connectivity index (χ0v) is 7.26. The minimum Gasteiger partial charge on any atom is -0.457 e. The SMILES string of the molecule is O=C1CC2OCC3OC(=O)NC3C2O1. The molecule has 0 radical (unpaired) electrons. The highest BCUT2D eigenvalue weighted by atomic mass is 16.6. The van der Waals surface area contributed by atoms with Crippen molar-refractivity contribution in [2.24, 2.45) is 0 Å². The van der Waals surface area contributed by atoms with Gasteiger partial charge in [-0.3, -0.25) is 4.79 Å². The summed E-state index contributed by atoms with van der Waals surface area (Å²) in [6.07, 6.45) is -1.13. The van der Waals surface area contributed by atoms with Crippen LogP contribution in [-0.4, -0.2) is 43.0 Å². The molecule has 4 atom stereocenters. The third kappa shape index (κ3) is 1.00. The van der Waals surface area contributed by atoms with E-state index in [1.807, 2.05) is 0 Å². The van der Waals surface area contributed by atoms with Crippen LogP contribution >= 0.6 is 0 Å². The summed E-state index contributed by atoms with van der Waals surface area (Å²) in [5.41, 5.74) is 0. The second kappa shape index (κ2) is 2.60. The maximum absolute atomic E-state index is 11.0. The molecule has 3 fully saturated rings. The maximum atomic E-state index is 11.0. The predicted octanol–water partition coefficient (Wildman–Crippen LogP) is -0.822. The Bertz CT molecular complexity index is 274. The second-order valence-electron chi connectivity index (χ2n) is 3.64. The molecule has 0 aromatic heterocycles. The van der Waals surface area contributed by atoms with Gasteiger partial charge >= 0.3 is 12.1 Å². The fourth-order valence-electron chi connectivity index (χ4n) is 2.14. The van der Waals surface area contributed by atoms with E-state index in [9.17, 15) is 9.59 Å². The first kappa shape index (κ1) is 8.05. The van der Waals surface area contributed by atoms with Crippen molar-refractivity contribution in [2.75, 3.05) is 6.61 Å². The van der Waals surface area contributed by atoms with Crippen LogP contribution < -0.4 is 5.32 Å². The molecule has 0 saturated carbocycles. The Kier molecular flexibility index (Phi) is 1.49. The first-order chi connectivity index (χ1) is 6.74. The lowest BCUT2D eigenvalue weighted by atomic mass is 9.98. The minimum absolute atomic E-state index is 0.231. The van der Waals surface area contributed by atoms with Crippen molar-refractivity contribution >= 4 is 12.1 Å². The van der Waals surface area contributed by atoms with Crippen LogP contribution in [0.2, 0.25) is 0 Å². The Hall–Kier alpha value is -1.30. The molecule has 4 unspecified atom stereocenters. The molecule has 1 N–H and O–H groups in total. The molecule has 6 heteroatoms. The molecular weight excluding hydrogens is 190 g/mol. The van der Waals surface area contributed by atoms with Gasteiger partial charge in [-0.1, -0.05) is 0 Å².